The van der Waals surface area contributed by atoms with E-state index in [4.69, 9.17) is 10.5 Å². The second-order valence-corrected chi connectivity index (χ2v) is 3.83. The lowest BCUT2D eigenvalue weighted by molar-refractivity contribution is -0.0127. The third kappa shape index (κ3) is 2.07. The molecule has 3 unspecified atom stereocenters. The first kappa shape index (κ1) is 11.1. The Kier molecular flexibility index (Phi) is 3.21. The van der Waals surface area contributed by atoms with Gasteiger partial charge >= 0.3 is 0 Å². The summed E-state index contributed by atoms with van der Waals surface area (Å²) in [4.78, 5) is 17.9. The lowest BCUT2D eigenvalue weighted by Gasteiger charge is -2.42. The van der Waals surface area contributed by atoms with Gasteiger partial charge in [-0.1, -0.05) is 0 Å². The Labute approximate surface area is 93.2 Å². The van der Waals surface area contributed by atoms with Crippen molar-refractivity contribution < 1.29 is 4.74 Å². The quantitative estimate of drug-likeness (QED) is 0.652. The van der Waals surface area contributed by atoms with Crippen molar-refractivity contribution in [3.05, 3.63) is 22.7 Å². The molecule has 1 aliphatic carbocycles. The first-order chi connectivity index (χ1) is 7.72. The van der Waals surface area contributed by atoms with Crippen LogP contribution in [0.3, 0.4) is 0 Å². The van der Waals surface area contributed by atoms with Crippen LogP contribution in [0.15, 0.2) is 17.2 Å². The first-order valence-electron chi connectivity index (χ1n) is 5.39. The minimum Gasteiger partial charge on any atom is -0.376 e. The molecule has 2 rings (SSSR count). The molecule has 0 amide bonds. The fourth-order valence-electron chi connectivity index (χ4n) is 1.84. The summed E-state index contributed by atoms with van der Waals surface area (Å²) in [6.45, 7) is 2.59. The lowest BCUT2D eigenvalue weighted by atomic mass is 9.83. The maximum absolute atomic E-state index is 11.4. The standard InChI is InChI=1S/C10H16N4O2/c1-2-16-7-5-6(11)8(7)14-9-10(15)13-4-3-12-9/h3-4,6-8H,2,5,11H2,1H3,(H,12,14)(H,13,15). The van der Waals surface area contributed by atoms with E-state index in [1.165, 1.54) is 12.4 Å². The molecule has 16 heavy (non-hydrogen) atoms. The highest BCUT2D eigenvalue weighted by Gasteiger charge is 2.39. The molecule has 88 valence electrons. The zero-order valence-electron chi connectivity index (χ0n) is 9.14. The van der Waals surface area contributed by atoms with Gasteiger partial charge in [0.05, 0.1) is 12.1 Å². The second kappa shape index (κ2) is 4.63. The first-order valence-corrected chi connectivity index (χ1v) is 5.39. The summed E-state index contributed by atoms with van der Waals surface area (Å²) in [5.41, 5.74) is 5.62. The smallest absolute Gasteiger partial charge is 0.290 e. The van der Waals surface area contributed by atoms with Gasteiger partial charge in [-0.25, -0.2) is 4.98 Å². The summed E-state index contributed by atoms with van der Waals surface area (Å²) in [5, 5.41) is 3.03. The number of rotatable bonds is 4. The maximum atomic E-state index is 11.4. The van der Waals surface area contributed by atoms with Crippen molar-refractivity contribution in [3.8, 4) is 0 Å². The van der Waals surface area contributed by atoms with Crippen molar-refractivity contribution in [1.82, 2.24) is 9.97 Å². The van der Waals surface area contributed by atoms with Gasteiger partial charge in [0, 0.05) is 25.0 Å². The second-order valence-electron chi connectivity index (χ2n) is 3.83. The van der Waals surface area contributed by atoms with Gasteiger partial charge in [-0.15, -0.1) is 0 Å². The molecule has 1 aromatic rings. The molecular formula is C10H16N4O2. The van der Waals surface area contributed by atoms with E-state index in [-0.39, 0.29) is 23.7 Å². The summed E-state index contributed by atoms with van der Waals surface area (Å²) in [6, 6.07) is -0.0195. The Bertz CT molecular complexity index is 404. The van der Waals surface area contributed by atoms with Gasteiger partial charge in [0.15, 0.2) is 5.82 Å². The van der Waals surface area contributed by atoms with Crippen LogP contribution in [0, 0.1) is 0 Å². The molecule has 6 heteroatoms. The van der Waals surface area contributed by atoms with E-state index in [2.05, 4.69) is 15.3 Å². The molecule has 0 bridgehead atoms. The highest BCUT2D eigenvalue weighted by Crippen LogP contribution is 2.24. The normalized spacial score (nSPS) is 28.5. The molecule has 1 saturated carbocycles. The van der Waals surface area contributed by atoms with E-state index in [1.54, 1.807) is 0 Å². The van der Waals surface area contributed by atoms with Crippen molar-refractivity contribution in [2.24, 2.45) is 5.73 Å². The van der Waals surface area contributed by atoms with E-state index in [1.807, 2.05) is 6.92 Å². The molecule has 0 aromatic carbocycles. The Morgan fingerprint density at radius 1 is 1.75 bits per heavy atom. The van der Waals surface area contributed by atoms with Crippen molar-refractivity contribution >= 4 is 5.82 Å². The van der Waals surface area contributed by atoms with Gasteiger partial charge in [-0.05, 0) is 13.3 Å². The van der Waals surface area contributed by atoms with Gasteiger partial charge in [0.1, 0.15) is 0 Å². The van der Waals surface area contributed by atoms with Gasteiger partial charge < -0.3 is 20.8 Å². The molecule has 4 N–H and O–H groups in total. The number of nitrogens with one attached hydrogen (secondary N) is 2. The van der Waals surface area contributed by atoms with Crippen LogP contribution in [-0.2, 0) is 4.74 Å². The molecule has 1 fully saturated rings. The molecular weight excluding hydrogens is 208 g/mol. The van der Waals surface area contributed by atoms with Crippen LogP contribution in [0.5, 0.6) is 0 Å². The fourth-order valence-corrected chi connectivity index (χ4v) is 1.84. The van der Waals surface area contributed by atoms with E-state index in [9.17, 15) is 4.79 Å². The number of anilines is 1. The topological polar surface area (TPSA) is 93.0 Å². The molecule has 1 heterocycles. The van der Waals surface area contributed by atoms with Gasteiger partial charge in [0.25, 0.3) is 5.56 Å². The van der Waals surface area contributed by atoms with Crippen molar-refractivity contribution in [2.75, 3.05) is 11.9 Å². The molecule has 0 aliphatic heterocycles. The fraction of sp³-hybridized carbons (Fsp3) is 0.600. The summed E-state index contributed by atoms with van der Waals surface area (Å²) in [6.07, 6.45) is 3.91. The Balaban J connectivity index is 2.04. The average Bonchev–Trinajstić information content (AvgIpc) is 2.28. The van der Waals surface area contributed by atoms with Crippen LogP contribution in [0.1, 0.15) is 13.3 Å². The molecule has 0 radical (unpaired) electrons. The summed E-state index contributed by atoms with van der Waals surface area (Å²) in [5.74, 6) is 0.298. The minimum absolute atomic E-state index is 0.0120. The number of ether oxygens (including phenoxy) is 1. The number of nitrogens with zero attached hydrogens (tertiary/aromatic N) is 1. The van der Waals surface area contributed by atoms with Gasteiger partial charge in [0.2, 0.25) is 0 Å². The number of aromatic nitrogens is 2. The van der Waals surface area contributed by atoms with Crippen molar-refractivity contribution in [3.63, 3.8) is 0 Å². The van der Waals surface area contributed by atoms with Gasteiger partial charge in [-0.2, -0.15) is 0 Å². The number of H-pyrrole nitrogens is 1. The molecule has 1 aliphatic rings. The SMILES string of the molecule is CCOC1CC(N)C1Nc1ncc[nH]c1=O. The highest BCUT2D eigenvalue weighted by molar-refractivity contribution is 5.34. The van der Waals surface area contributed by atoms with Crippen LogP contribution in [0.2, 0.25) is 0 Å². The largest absolute Gasteiger partial charge is 0.376 e. The summed E-state index contributed by atoms with van der Waals surface area (Å²) >= 11 is 0. The average molecular weight is 224 g/mol. The number of hydrogen-bond acceptors (Lipinski definition) is 5. The molecule has 1 aromatic heterocycles. The third-order valence-corrected chi connectivity index (χ3v) is 2.76. The van der Waals surface area contributed by atoms with Crippen LogP contribution in [0.25, 0.3) is 0 Å². The maximum Gasteiger partial charge on any atom is 0.290 e. The predicted molar refractivity (Wildman–Crippen MR) is 60.3 cm³/mol. The van der Waals surface area contributed by atoms with E-state index >= 15 is 0 Å². The van der Waals surface area contributed by atoms with Crippen LogP contribution in [-0.4, -0.2) is 34.8 Å². The molecule has 3 atom stereocenters. The predicted octanol–water partition coefficient (Wildman–Crippen LogP) is -0.314. The lowest BCUT2D eigenvalue weighted by Crippen LogP contribution is -2.61. The summed E-state index contributed by atoms with van der Waals surface area (Å²) in [7, 11) is 0. The highest BCUT2D eigenvalue weighted by atomic mass is 16.5. The van der Waals surface area contributed by atoms with Crippen LogP contribution < -0.4 is 16.6 Å². The van der Waals surface area contributed by atoms with Crippen LogP contribution in [0.4, 0.5) is 5.82 Å². The Morgan fingerprint density at radius 3 is 3.19 bits per heavy atom. The molecule has 0 saturated heterocycles. The van der Waals surface area contributed by atoms with Crippen molar-refractivity contribution in [1.29, 1.82) is 0 Å². The van der Waals surface area contributed by atoms with E-state index < -0.39 is 0 Å². The molecule has 0 spiro atoms. The molecule has 6 nitrogen and oxygen atoms in total. The Morgan fingerprint density at radius 2 is 2.56 bits per heavy atom. The van der Waals surface area contributed by atoms with E-state index in [0.717, 1.165) is 6.42 Å². The van der Waals surface area contributed by atoms with Crippen molar-refractivity contribution in [2.45, 2.75) is 31.5 Å². The third-order valence-electron chi connectivity index (χ3n) is 2.76. The number of aromatic amines is 1. The zero-order chi connectivity index (χ0) is 11.5. The zero-order valence-corrected chi connectivity index (χ0v) is 9.14. The Hall–Kier alpha value is -1.40. The number of nitrogens with two attached hydrogens (primary N) is 1. The summed E-state index contributed by atoms with van der Waals surface area (Å²) < 4.78 is 5.49. The van der Waals surface area contributed by atoms with E-state index in [0.29, 0.717) is 12.4 Å². The minimum atomic E-state index is -0.239. The number of hydrogen-bond donors (Lipinski definition) is 3. The van der Waals surface area contributed by atoms with Crippen LogP contribution >= 0.6 is 0 Å². The van der Waals surface area contributed by atoms with Gasteiger partial charge in [-0.3, -0.25) is 4.79 Å². The monoisotopic (exact) mass is 224 g/mol.